The average molecular weight is 277 g/mol. The molecular weight excluding hydrogens is 262 g/mol. The number of nitrogens with zero attached hydrogens (tertiary/aromatic N) is 1. The van der Waals surface area contributed by atoms with Gasteiger partial charge in [0.1, 0.15) is 11.7 Å². The average Bonchev–Trinajstić information content (AvgIpc) is 3.02. The zero-order valence-electron chi connectivity index (χ0n) is 10.9. The molecule has 0 saturated heterocycles. The summed E-state index contributed by atoms with van der Waals surface area (Å²) < 4.78 is 10.7. The van der Waals surface area contributed by atoms with E-state index in [1.165, 1.54) is 4.88 Å². The molecule has 0 bridgehead atoms. The summed E-state index contributed by atoms with van der Waals surface area (Å²) in [6.45, 7) is 4.15. The number of hydrogen-bond donors (Lipinski definition) is 0. The number of thiazole rings is 1. The Bertz CT molecular complexity index is 614. The van der Waals surface area contributed by atoms with Crippen molar-refractivity contribution in [3.63, 3.8) is 0 Å². The zero-order valence-corrected chi connectivity index (χ0v) is 11.8. The molecule has 0 amide bonds. The van der Waals surface area contributed by atoms with Gasteiger partial charge >= 0.3 is 5.97 Å². The molecule has 5 heteroatoms. The predicted octanol–water partition coefficient (Wildman–Crippen LogP) is 3.30. The molecule has 2 aromatic heterocycles. The fourth-order valence-electron chi connectivity index (χ4n) is 2.35. The molecule has 0 radical (unpaired) electrons. The number of carbonyl (C=O) groups is 1. The quantitative estimate of drug-likeness (QED) is 0.808. The van der Waals surface area contributed by atoms with E-state index in [-0.39, 0.29) is 11.9 Å². The number of aromatic nitrogens is 1. The Morgan fingerprint density at radius 1 is 1.58 bits per heavy atom. The molecule has 1 unspecified atom stereocenters. The standard InChI is InChI=1S/C14H15NO3S/c1-3-17-14(16)9-5-7-11-12(9)15-13(19-11)10-6-4-8(2)18-10/h4,6,9H,3,5,7H2,1-2H3. The summed E-state index contributed by atoms with van der Waals surface area (Å²) >= 11 is 1.62. The first-order valence-electron chi connectivity index (χ1n) is 6.42. The van der Waals surface area contributed by atoms with E-state index in [0.29, 0.717) is 6.61 Å². The molecule has 0 fully saturated rings. The molecule has 0 saturated carbocycles. The van der Waals surface area contributed by atoms with E-state index in [0.717, 1.165) is 35.1 Å². The van der Waals surface area contributed by atoms with Gasteiger partial charge in [-0.1, -0.05) is 0 Å². The monoisotopic (exact) mass is 277 g/mol. The molecule has 1 atom stereocenters. The minimum atomic E-state index is -0.198. The van der Waals surface area contributed by atoms with E-state index in [1.54, 1.807) is 11.3 Å². The van der Waals surface area contributed by atoms with Crippen molar-refractivity contribution >= 4 is 17.3 Å². The summed E-state index contributed by atoms with van der Waals surface area (Å²) in [5.74, 6) is 1.29. The van der Waals surface area contributed by atoms with Gasteiger partial charge in [0.05, 0.1) is 12.3 Å². The Kier molecular flexibility index (Phi) is 3.14. The van der Waals surface area contributed by atoms with Gasteiger partial charge in [-0.3, -0.25) is 4.79 Å². The molecule has 0 aromatic carbocycles. The van der Waals surface area contributed by atoms with Crippen LogP contribution < -0.4 is 0 Å². The number of esters is 1. The highest BCUT2D eigenvalue weighted by Gasteiger charge is 2.34. The smallest absolute Gasteiger partial charge is 0.315 e. The Balaban J connectivity index is 1.90. The second-order valence-corrected chi connectivity index (χ2v) is 5.66. The lowest BCUT2D eigenvalue weighted by Gasteiger charge is -2.07. The molecule has 1 aliphatic rings. The van der Waals surface area contributed by atoms with Crippen LogP contribution in [-0.2, 0) is 16.0 Å². The Hall–Kier alpha value is -1.62. The highest BCUT2D eigenvalue weighted by Crippen LogP contribution is 2.40. The summed E-state index contributed by atoms with van der Waals surface area (Å²) in [5, 5.41) is 0.854. The summed E-state index contributed by atoms with van der Waals surface area (Å²) in [7, 11) is 0. The predicted molar refractivity (Wildman–Crippen MR) is 72.2 cm³/mol. The van der Waals surface area contributed by atoms with Crippen LogP contribution in [0, 0.1) is 6.92 Å². The zero-order chi connectivity index (χ0) is 13.4. The molecule has 2 aromatic rings. The first-order chi connectivity index (χ1) is 9.19. The molecule has 0 spiro atoms. The number of ether oxygens (including phenoxy) is 1. The van der Waals surface area contributed by atoms with Crippen molar-refractivity contribution in [1.82, 2.24) is 4.98 Å². The van der Waals surface area contributed by atoms with E-state index in [9.17, 15) is 4.79 Å². The van der Waals surface area contributed by atoms with Crippen molar-refractivity contribution in [2.75, 3.05) is 6.61 Å². The van der Waals surface area contributed by atoms with E-state index < -0.39 is 0 Å². The van der Waals surface area contributed by atoms with Gasteiger partial charge in [-0.05, 0) is 38.8 Å². The Morgan fingerprint density at radius 3 is 3.11 bits per heavy atom. The topological polar surface area (TPSA) is 52.3 Å². The molecule has 3 rings (SSSR count). The molecular formula is C14H15NO3S. The summed E-state index contributed by atoms with van der Waals surface area (Å²) in [4.78, 5) is 17.6. The third kappa shape index (κ3) is 2.18. The second kappa shape index (κ2) is 4.81. The third-order valence-electron chi connectivity index (χ3n) is 3.24. The Labute approximate surface area is 115 Å². The van der Waals surface area contributed by atoms with Crippen LogP contribution in [0.25, 0.3) is 10.8 Å². The second-order valence-electron chi connectivity index (χ2n) is 4.58. The number of rotatable bonds is 3. The normalized spacial score (nSPS) is 17.5. The largest absolute Gasteiger partial charge is 0.465 e. The highest BCUT2D eigenvalue weighted by atomic mass is 32.1. The van der Waals surface area contributed by atoms with E-state index in [4.69, 9.17) is 9.15 Å². The lowest BCUT2D eigenvalue weighted by atomic mass is 10.1. The fourth-order valence-corrected chi connectivity index (χ4v) is 3.45. The lowest BCUT2D eigenvalue weighted by Crippen LogP contribution is -2.14. The van der Waals surface area contributed by atoms with Crippen LogP contribution in [0.3, 0.4) is 0 Å². The molecule has 100 valence electrons. The minimum absolute atomic E-state index is 0.159. The van der Waals surface area contributed by atoms with Crippen LogP contribution in [0.2, 0.25) is 0 Å². The van der Waals surface area contributed by atoms with Crippen LogP contribution in [0.4, 0.5) is 0 Å². The number of hydrogen-bond acceptors (Lipinski definition) is 5. The highest BCUT2D eigenvalue weighted by molar-refractivity contribution is 7.15. The molecule has 1 aliphatic carbocycles. The van der Waals surface area contributed by atoms with E-state index >= 15 is 0 Å². The first kappa shape index (κ1) is 12.4. The van der Waals surface area contributed by atoms with Crippen LogP contribution in [0.15, 0.2) is 16.5 Å². The molecule has 4 nitrogen and oxygen atoms in total. The summed E-state index contributed by atoms with van der Waals surface area (Å²) in [6, 6.07) is 3.84. The van der Waals surface area contributed by atoms with E-state index in [2.05, 4.69) is 4.98 Å². The maximum absolute atomic E-state index is 11.9. The van der Waals surface area contributed by atoms with Crippen molar-refractivity contribution in [2.45, 2.75) is 32.6 Å². The fraction of sp³-hybridized carbons (Fsp3) is 0.429. The molecule has 0 aliphatic heterocycles. The van der Waals surface area contributed by atoms with Gasteiger partial charge < -0.3 is 9.15 Å². The van der Waals surface area contributed by atoms with Crippen molar-refractivity contribution < 1.29 is 13.9 Å². The van der Waals surface area contributed by atoms with Crippen molar-refractivity contribution in [2.24, 2.45) is 0 Å². The third-order valence-corrected chi connectivity index (χ3v) is 4.39. The molecule has 19 heavy (non-hydrogen) atoms. The molecule has 2 heterocycles. The number of furan rings is 1. The maximum Gasteiger partial charge on any atom is 0.315 e. The van der Waals surface area contributed by atoms with Crippen LogP contribution in [0.1, 0.15) is 35.6 Å². The molecule has 0 N–H and O–H groups in total. The first-order valence-corrected chi connectivity index (χ1v) is 7.23. The maximum atomic E-state index is 11.9. The van der Waals surface area contributed by atoms with Crippen LogP contribution >= 0.6 is 11.3 Å². The number of carbonyl (C=O) groups excluding carboxylic acids is 1. The van der Waals surface area contributed by atoms with Crippen molar-refractivity contribution in [3.05, 3.63) is 28.5 Å². The van der Waals surface area contributed by atoms with Gasteiger partial charge in [-0.2, -0.15) is 0 Å². The number of aryl methyl sites for hydroxylation is 2. The van der Waals surface area contributed by atoms with Gasteiger partial charge in [-0.15, -0.1) is 11.3 Å². The van der Waals surface area contributed by atoms with Crippen LogP contribution in [-0.4, -0.2) is 17.6 Å². The van der Waals surface area contributed by atoms with Gasteiger partial charge in [0.15, 0.2) is 10.8 Å². The SMILES string of the molecule is CCOC(=O)C1CCc2sc(-c3ccc(C)o3)nc21. The Morgan fingerprint density at radius 2 is 2.42 bits per heavy atom. The van der Waals surface area contributed by atoms with Gasteiger partial charge in [0.2, 0.25) is 0 Å². The summed E-state index contributed by atoms with van der Waals surface area (Å²) in [5.41, 5.74) is 0.882. The van der Waals surface area contributed by atoms with Crippen molar-refractivity contribution in [1.29, 1.82) is 0 Å². The summed E-state index contributed by atoms with van der Waals surface area (Å²) in [6.07, 6.45) is 1.71. The van der Waals surface area contributed by atoms with Gasteiger partial charge in [0.25, 0.3) is 0 Å². The van der Waals surface area contributed by atoms with E-state index in [1.807, 2.05) is 26.0 Å². The van der Waals surface area contributed by atoms with Crippen molar-refractivity contribution in [3.8, 4) is 10.8 Å². The minimum Gasteiger partial charge on any atom is -0.465 e. The van der Waals surface area contributed by atoms with Crippen LogP contribution in [0.5, 0.6) is 0 Å². The van der Waals surface area contributed by atoms with Gasteiger partial charge in [0, 0.05) is 4.88 Å². The van der Waals surface area contributed by atoms with Gasteiger partial charge in [-0.25, -0.2) is 4.98 Å². The number of fused-ring (bicyclic) bond motifs is 1. The lowest BCUT2D eigenvalue weighted by molar-refractivity contribution is -0.145.